The maximum atomic E-state index is 11.3. The van der Waals surface area contributed by atoms with Crippen LogP contribution >= 0.6 is 15.9 Å². The number of nitrogens with one attached hydrogen (secondary N) is 1. The van der Waals surface area contributed by atoms with Crippen molar-refractivity contribution in [3.05, 3.63) is 10.7 Å². The number of rotatable bonds is 4. The SMILES string of the molecule is CCN(CC(=O)NC)c1nc(N)ncc1Br. The molecule has 1 aromatic heterocycles. The van der Waals surface area contributed by atoms with E-state index >= 15 is 0 Å². The second-order valence-corrected chi connectivity index (χ2v) is 3.94. The lowest BCUT2D eigenvalue weighted by Gasteiger charge is -2.21. The number of aromatic nitrogens is 2. The predicted molar refractivity (Wildman–Crippen MR) is 66.1 cm³/mol. The molecule has 1 heterocycles. The Kier molecular flexibility index (Phi) is 4.48. The third kappa shape index (κ3) is 3.06. The Morgan fingerprint density at radius 2 is 2.38 bits per heavy atom. The lowest BCUT2D eigenvalue weighted by Crippen LogP contribution is -2.36. The van der Waals surface area contributed by atoms with Crippen LogP contribution in [0.15, 0.2) is 10.7 Å². The van der Waals surface area contributed by atoms with Gasteiger partial charge >= 0.3 is 0 Å². The topological polar surface area (TPSA) is 84.1 Å². The molecule has 1 amide bonds. The summed E-state index contributed by atoms with van der Waals surface area (Å²) in [5, 5.41) is 2.56. The molecule has 1 aromatic rings. The summed E-state index contributed by atoms with van der Waals surface area (Å²) in [5.74, 6) is 0.734. The van der Waals surface area contributed by atoms with Crippen molar-refractivity contribution < 1.29 is 4.79 Å². The standard InChI is InChI=1S/C9H14BrN5O/c1-3-15(5-7(16)12-2)8-6(10)4-13-9(11)14-8/h4H,3,5H2,1-2H3,(H,12,16)(H2,11,13,14). The minimum atomic E-state index is -0.0778. The van der Waals surface area contributed by atoms with E-state index in [9.17, 15) is 4.79 Å². The molecule has 0 saturated carbocycles. The van der Waals surface area contributed by atoms with Crippen molar-refractivity contribution in [1.82, 2.24) is 15.3 Å². The molecular weight excluding hydrogens is 274 g/mol. The molecule has 6 nitrogen and oxygen atoms in total. The first-order valence-electron chi connectivity index (χ1n) is 4.82. The highest BCUT2D eigenvalue weighted by Crippen LogP contribution is 2.23. The van der Waals surface area contributed by atoms with Crippen LogP contribution in [-0.2, 0) is 4.79 Å². The number of anilines is 2. The highest BCUT2D eigenvalue weighted by molar-refractivity contribution is 9.10. The molecule has 0 aliphatic rings. The molecule has 0 radical (unpaired) electrons. The largest absolute Gasteiger partial charge is 0.368 e. The third-order valence-electron chi connectivity index (χ3n) is 2.04. The molecule has 0 unspecified atom stereocenters. The Labute approximate surface area is 102 Å². The molecule has 0 aliphatic carbocycles. The summed E-state index contributed by atoms with van der Waals surface area (Å²) in [6.45, 7) is 2.83. The fourth-order valence-electron chi connectivity index (χ4n) is 1.18. The molecule has 0 spiro atoms. The van der Waals surface area contributed by atoms with Crippen LogP contribution in [0.2, 0.25) is 0 Å². The molecule has 0 aromatic carbocycles. The van der Waals surface area contributed by atoms with Gasteiger partial charge in [-0.1, -0.05) is 0 Å². The van der Waals surface area contributed by atoms with Gasteiger partial charge in [-0.2, -0.15) is 4.98 Å². The number of nitrogen functional groups attached to an aromatic ring is 1. The third-order valence-corrected chi connectivity index (χ3v) is 2.60. The first-order valence-corrected chi connectivity index (χ1v) is 5.61. The normalized spacial score (nSPS) is 9.94. The smallest absolute Gasteiger partial charge is 0.239 e. The van der Waals surface area contributed by atoms with Crippen LogP contribution in [0.3, 0.4) is 0 Å². The van der Waals surface area contributed by atoms with E-state index in [1.54, 1.807) is 18.1 Å². The van der Waals surface area contributed by atoms with Gasteiger partial charge in [-0.05, 0) is 22.9 Å². The monoisotopic (exact) mass is 287 g/mol. The van der Waals surface area contributed by atoms with E-state index in [0.29, 0.717) is 16.8 Å². The highest BCUT2D eigenvalue weighted by Gasteiger charge is 2.14. The van der Waals surface area contributed by atoms with Crippen LogP contribution in [0.25, 0.3) is 0 Å². The Bertz CT molecular complexity index is 384. The number of halogens is 1. The van der Waals surface area contributed by atoms with Crippen molar-refractivity contribution in [3.8, 4) is 0 Å². The molecule has 7 heteroatoms. The summed E-state index contributed by atoms with van der Waals surface area (Å²) in [5.41, 5.74) is 5.51. The van der Waals surface area contributed by atoms with Gasteiger partial charge in [-0.3, -0.25) is 4.79 Å². The lowest BCUT2D eigenvalue weighted by atomic mass is 10.4. The second-order valence-electron chi connectivity index (χ2n) is 3.09. The zero-order valence-corrected chi connectivity index (χ0v) is 10.8. The summed E-state index contributed by atoms with van der Waals surface area (Å²) in [6, 6.07) is 0. The Hall–Kier alpha value is -1.37. The molecule has 88 valence electrons. The lowest BCUT2D eigenvalue weighted by molar-refractivity contribution is -0.119. The molecule has 16 heavy (non-hydrogen) atoms. The zero-order valence-electron chi connectivity index (χ0n) is 9.20. The van der Waals surface area contributed by atoms with Crippen LogP contribution in [0.4, 0.5) is 11.8 Å². The predicted octanol–water partition coefficient (Wildman–Crippen LogP) is 0.394. The van der Waals surface area contributed by atoms with Crippen LogP contribution < -0.4 is 16.0 Å². The number of hydrogen-bond acceptors (Lipinski definition) is 5. The summed E-state index contributed by atoms with van der Waals surface area (Å²) < 4.78 is 0.715. The highest BCUT2D eigenvalue weighted by atomic mass is 79.9. The Morgan fingerprint density at radius 3 is 2.94 bits per heavy atom. The number of likely N-dealkylation sites (N-methyl/N-ethyl adjacent to an activating group) is 2. The van der Waals surface area contributed by atoms with E-state index in [4.69, 9.17) is 5.73 Å². The molecule has 1 rings (SSSR count). The number of nitrogens with zero attached hydrogens (tertiary/aromatic N) is 3. The maximum absolute atomic E-state index is 11.3. The second kappa shape index (κ2) is 5.64. The molecule has 0 aliphatic heterocycles. The molecule has 0 bridgehead atoms. The van der Waals surface area contributed by atoms with Gasteiger partial charge in [-0.15, -0.1) is 0 Å². The van der Waals surface area contributed by atoms with Crippen LogP contribution in [0.5, 0.6) is 0 Å². The van der Waals surface area contributed by atoms with Crippen molar-refractivity contribution >= 4 is 33.6 Å². The van der Waals surface area contributed by atoms with E-state index < -0.39 is 0 Å². The van der Waals surface area contributed by atoms with Gasteiger partial charge in [0.15, 0.2) is 0 Å². The van der Waals surface area contributed by atoms with E-state index in [1.165, 1.54) is 0 Å². The summed E-state index contributed by atoms with van der Waals surface area (Å²) in [7, 11) is 1.60. The summed E-state index contributed by atoms with van der Waals surface area (Å²) >= 11 is 3.33. The van der Waals surface area contributed by atoms with Gasteiger partial charge in [-0.25, -0.2) is 4.98 Å². The van der Waals surface area contributed by atoms with Gasteiger partial charge in [0.05, 0.1) is 11.0 Å². The fourth-order valence-corrected chi connectivity index (χ4v) is 1.62. The van der Waals surface area contributed by atoms with E-state index in [0.717, 1.165) is 0 Å². The van der Waals surface area contributed by atoms with Crippen molar-refractivity contribution in [2.45, 2.75) is 6.92 Å². The van der Waals surface area contributed by atoms with E-state index in [2.05, 4.69) is 31.2 Å². The number of amides is 1. The summed E-state index contributed by atoms with van der Waals surface area (Å²) in [4.78, 5) is 21.1. The van der Waals surface area contributed by atoms with Crippen LogP contribution in [-0.4, -0.2) is 36.0 Å². The average molecular weight is 288 g/mol. The fraction of sp³-hybridized carbons (Fsp3) is 0.444. The minimum Gasteiger partial charge on any atom is -0.368 e. The zero-order chi connectivity index (χ0) is 12.1. The van der Waals surface area contributed by atoms with Crippen molar-refractivity contribution in [3.63, 3.8) is 0 Å². The molecule has 0 fully saturated rings. The van der Waals surface area contributed by atoms with Crippen LogP contribution in [0.1, 0.15) is 6.92 Å². The van der Waals surface area contributed by atoms with Crippen molar-refractivity contribution in [2.75, 3.05) is 30.8 Å². The van der Waals surface area contributed by atoms with Gasteiger partial charge in [0, 0.05) is 19.8 Å². The van der Waals surface area contributed by atoms with Gasteiger partial charge in [0.2, 0.25) is 11.9 Å². The van der Waals surface area contributed by atoms with Gasteiger partial charge in [0.1, 0.15) is 5.82 Å². The first-order chi connectivity index (χ1) is 7.58. The maximum Gasteiger partial charge on any atom is 0.239 e. The first kappa shape index (κ1) is 12.7. The Morgan fingerprint density at radius 1 is 1.69 bits per heavy atom. The number of carbonyl (C=O) groups is 1. The van der Waals surface area contributed by atoms with E-state index in [1.807, 2.05) is 6.92 Å². The molecule has 0 saturated heterocycles. The molecule has 3 N–H and O–H groups in total. The Balaban J connectivity index is 2.94. The molecule has 0 atom stereocenters. The minimum absolute atomic E-state index is 0.0778. The number of hydrogen-bond donors (Lipinski definition) is 2. The van der Waals surface area contributed by atoms with Gasteiger partial charge in [0.25, 0.3) is 0 Å². The molecular formula is C9H14BrN5O. The van der Waals surface area contributed by atoms with Crippen LogP contribution in [0, 0.1) is 0 Å². The summed E-state index contributed by atoms with van der Waals surface area (Å²) in [6.07, 6.45) is 1.57. The van der Waals surface area contributed by atoms with Gasteiger partial charge < -0.3 is 16.0 Å². The average Bonchev–Trinajstić information content (AvgIpc) is 2.29. The number of nitrogens with two attached hydrogens (primary N) is 1. The van der Waals surface area contributed by atoms with Crippen molar-refractivity contribution in [2.24, 2.45) is 0 Å². The quantitative estimate of drug-likeness (QED) is 0.837. The van der Waals surface area contributed by atoms with E-state index in [-0.39, 0.29) is 18.4 Å². The number of carbonyl (C=O) groups excluding carboxylic acids is 1. The van der Waals surface area contributed by atoms with Crippen molar-refractivity contribution in [1.29, 1.82) is 0 Å².